The van der Waals surface area contributed by atoms with Crippen molar-refractivity contribution in [2.75, 3.05) is 16.8 Å². The average Bonchev–Trinajstić information content (AvgIpc) is 3.44. The van der Waals surface area contributed by atoms with E-state index in [1.165, 1.54) is 29.3 Å². The van der Waals surface area contributed by atoms with Crippen LogP contribution in [0.3, 0.4) is 0 Å². The van der Waals surface area contributed by atoms with Crippen molar-refractivity contribution in [2.45, 2.75) is 13.0 Å². The van der Waals surface area contributed by atoms with Crippen LogP contribution < -0.4 is 10.2 Å². The summed E-state index contributed by atoms with van der Waals surface area (Å²) in [6, 6.07) is 9.29. The third kappa shape index (κ3) is 4.80. The molecule has 32 heavy (non-hydrogen) atoms. The van der Waals surface area contributed by atoms with E-state index < -0.39 is 5.82 Å². The molecule has 8 nitrogen and oxygen atoms in total. The molecule has 3 aromatic heterocycles. The predicted molar refractivity (Wildman–Crippen MR) is 116 cm³/mol. The van der Waals surface area contributed by atoms with Gasteiger partial charge in [-0.3, -0.25) is 14.6 Å². The standard InChI is InChI=1S/C22H21F2N7O/c1-30-12-16(11-27-30)21-19(24)10-20(31(14-32)13-18-6-8-26-29-18)22(28-21)25-7-5-15-3-2-4-17(23)9-15/h2-4,6,8-12,14H,5,7,13H2,1H3,(H,25,28)(H,26,29). The van der Waals surface area contributed by atoms with Crippen LogP contribution in [-0.4, -0.2) is 37.9 Å². The zero-order chi connectivity index (χ0) is 22.5. The number of hydrogen-bond acceptors (Lipinski definition) is 5. The van der Waals surface area contributed by atoms with Crippen molar-refractivity contribution in [3.8, 4) is 11.3 Å². The smallest absolute Gasteiger partial charge is 0.214 e. The van der Waals surface area contributed by atoms with Crippen LogP contribution in [0.25, 0.3) is 11.3 Å². The second-order valence-electron chi connectivity index (χ2n) is 7.19. The summed E-state index contributed by atoms with van der Waals surface area (Å²) in [5.41, 5.74) is 2.31. The molecule has 0 saturated carbocycles. The molecule has 164 valence electrons. The van der Waals surface area contributed by atoms with E-state index in [1.54, 1.807) is 36.3 Å². The summed E-state index contributed by atoms with van der Waals surface area (Å²) in [5, 5.41) is 14.0. The first-order chi connectivity index (χ1) is 15.5. The Morgan fingerprint density at radius 2 is 2.12 bits per heavy atom. The van der Waals surface area contributed by atoms with E-state index in [1.807, 2.05) is 6.07 Å². The normalized spacial score (nSPS) is 10.8. The number of aryl methyl sites for hydroxylation is 1. The molecule has 0 atom stereocenters. The van der Waals surface area contributed by atoms with Crippen molar-refractivity contribution in [2.24, 2.45) is 7.05 Å². The molecule has 0 fully saturated rings. The lowest BCUT2D eigenvalue weighted by atomic mass is 10.1. The van der Waals surface area contributed by atoms with Crippen molar-refractivity contribution >= 4 is 17.9 Å². The molecule has 0 aliphatic carbocycles. The van der Waals surface area contributed by atoms with Gasteiger partial charge in [0.15, 0.2) is 11.6 Å². The van der Waals surface area contributed by atoms with Crippen LogP contribution in [0.15, 0.2) is 55.0 Å². The molecule has 1 amide bonds. The van der Waals surface area contributed by atoms with Gasteiger partial charge in [-0.1, -0.05) is 12.1 Å². The van der Waals surface area contributed by atoms with E-state index in [-0.39, 0.29) is 23.7 Å². The minimum atomic E-state index is -0.586. The number of anilines is 2. The van der Waals surface area contributed by atoms with Gasteiger partial charge < -0.3 is 10.2 Å². The van der Waals surface area contributed by atoms with Gasteiger partial charge in [0.25, 0.3) is 0 Å². The fourth-order valence-corrected chi connectivity index (χ4v) is 3.32. The monoisotopic (exact) mass is 437 g/mol. The molecule has 3 heterocycles. The number of benzene rings is 1. The lowest BCUT2D eigenvalue weighted by Gasteiger charge is -2.21. The average molecular weight is 437 g/mol. The van der Waals surface area contributed by atoms with Crippen LogP contribution in [-0.2, 0) is 24.8 Å². The highest BCUT2D eigenvalue weighted by Crippen LogP contribution is 2.31. The fourth-order valence-electron chi connectivity index (χ4n) is 3.32. The summed E-state index contributed by atoms with van der Waals surface area (Å²) < 4.78 is 30.0. The van der Waals surface area contributed by atoms with Gasteiger partial charge in [-0.2, -0.15) is 10.2 Å². The summed E-state index contributed by atoms with van der Waals surface area (Å²) >= 11 is 0. The Labute approximate surface area is 182 Å². The summed E-state index contributed by atoms with van der Waals surface area (Å²) in [7, 11) is 1.73. The quantitative estimate of drug-likeness (QED) is 0.392. The first kappa shape index (κ1) is 21.2. The lowest BCUT2D eigenvalue weighted by Crippen LogP contribution is -2.23. The number of hydrogen-bond donors (Lipinski definition) is 2. The molecule has 0 aliphatic heterocycles. The van der Waals surface area contributed by atoms with Crippen molar-refractivity contribution in [3.63, 3.8) is 0 Å². The SMILES string of the molecule is Cn1cc(-c2nc(NCCc3cccc(F)c3)c(N(C=O)Cc3cc[nH]n3)cc2F)cn1. The molecule has 0 radical (unpaired) electrons. The van der Waals surface area contributed by atoms with Gasteiger partial charge in [0.2, 0.25) is 6.41 Å². The highest BCUT2D eigenvalue weighted by atomic mass is 19.1. The van der Waals surface area contributed by atoms with E-state index in [0.717, 1.165) is 5.56 Å². The first-order valence-corrected chi connectivity index (χ1v) is 9.92. The number of carbonyl (C=O) groups excluding carboxylic acids is 1. The number of pyridine rings is 1. The predicted octanol–water partition coefficient (Wildman–Crippen LogP) is 3.30. The third-order valence-electron chi connectivity index (χ3n) is 4.86. The molecule has 1 aromatic carbocycles. The number of rotatable bonds is 9. The van der Waals surface area contributed by atoms with Gasteiger partial charge in [-0.15, -0.1) is 0 Å². The Morgan fingerprint density at radius 3 is 2.81 bits per heavy atom. The van der Waals surface area contributed by atoms with E-state index >= 15 is 0 Å². The molecule has 4 aromatic rings. The number of carbonyl (C=O) groups is 1. The van der Waals surface area contributed by atoms with Crippen LogP contribution in [0.2, 0.25) is 0 Å². The van der Waals surface area contributed by atoms with E-state index in [0.29, 0.717) is 36.5 Å². The number of H-pyrrole nitrogens is 1. The number of aromatic nitrogens is 5. The van der Waals surface area contributed by atoms with Crippen molar-refractivity contribution < 1.29 is 13.6 Å². The van der Waals surface area contributed by atoms with Gasteiger partial charge in [-0.25, -0.2) is 13.8 Å². The van der Waals surface area contributed by atoms with E-state index in [4.69, 9.17) is 0 Å². The van der Waals surface area contributed by atoms with Gasteiger partial charge in [-0.05, 0) is 30.2 Å². The van der Waals surface area contributed by atoms with Crippen molar-refractivity contribution in [3.05, 3.63) is 77.9 Å². The lowest BCUT2D eigenvalue weighted by molar-refractivity contribution is -0.107. The molecular formula is C22H21F2N7O. The second-order valence-corrected chi connectivity index (χ2v) is 7.19. The Hall–Kier alpha value is -4.08. The molecule has 0 saturated heterocycles. The summed E-state index contributed by atoms with van der Waals surface area (Å²) in [4.78, 5) is 17.6. The summed E-state index contributed by atoms with van der Waals surface area (Å²) in [5.74, 6) is -0.574. The topological polar surface area (TPSA) is 91.7 Å². The maximum atomic E-state index is 15.0. The first-order valence-electron chi connectivity index (χ1n) is 9.92. The number of nitrogens with one attached hydrogen (secondary N) is 2. The molecular weight excluding hydrogens is 416 g/mol. The molecule has 0 aliphatic rings. The molecule has 0 unspecified atom stereocenters. The fraction of sp³-hybridized carbons (Fsp3) is 0.182. The number of nitrogens with zero attached hydrogens (tertiary/aromatic N) is 5. The highest BCUT2D eigenvalue weighted by Gasteiger charge is 2.19. The van der Waals surface area contributed by atoms with E-state index in [2.05, 4.69) is 25.6 Å². The minimum absolute atomic E-state index is 0.112. The second kappa shape index (κ2) is 9.38. The zero-order valence-corrected chi connectivity index (χ0v) is 17.3. The Kier molecular flexibility index (Phi) is 6.20. The van der Waals surface area contributed by atoms with Crippen LogP contribution in [0.5, 0.6) is 0 Å². The summed E-state index contributed by atoms with van der Waals surface area (Å²) in [6.45, 7) is 0.537. The highest BCUT2D eigenvalue weighted by molar-refractivity contribution is 5.83. The van der Waals surface area contributed by atoms with Gasteiger partial charge >= 0.3 is 0 Å². The van der Waals surface area contributed by atoms with Crippen LogP contribution in [0.1, 0.15) is 11.3 Å². The maximum Gasteiger partial charge on any atom is 0.214 e. The van der Waals surface area contributed by atoms with Gasteiger partial charge in [0.1, 0.15) is 11.5 Å². The van der Waals surface area contributed by atoms with Crippen molar-refractivity contribution in [1.82, 2.24) is 25.0 Å². The third-order valence-corrected chi connectivity index (χ3v) is 4.86. The number of halogens is 2. The van der Waals surface area contributed by atoms with Crippen molar-refractivity contribution in [1.29, 1.82) is 0 Å². The molecule has 10 heteroatoms. The van der Waals surface area contributed by atoms with Gasteiger partial charge in [0.05, 0.1) is 24.1 Å². The number of amides is 1. The maximum absolute atomic E-state index is 15.0. The zero-order valence-electron chi connectivity index (χ0n) is 17.3. The molecule has 2 N–H and O–H groups in total. The largest absolute Gasteiger partial charge is 0.368 e. The molecule has 0 spiro atoms. The Balaban J connectivity index is 1.65. The minimum Gasteiger partial charge on any atom is -0.368 e. The molecule has 4 rings (SSSR count). The van der Waals surface area contributed by atoms with Crippen LogP contribution >= 0.6 is 0 Å². The van der Waals surface area contributed by atoms with Crippen LogP contribution in [0.4, 0.5) is 20.3 Å². The number of aromatic amines is 1. The molecule has 0 bridgehead atoms. The Morgan fingerprint density at radius 1 is 1.25 bits per heavy atom. The van der Waals surface area contributed by atoms with Crippen LogP contribution in [0, 0.1) is 11.6 Å². The Bertz CT molecular complexity index is 1210. The van der Waals surface area contributed by atoms with E-state index in [9.17, 15) is 13.6 Å². The summed E-state index contributed by atoms with van der Waals surface area (Å²) in [6.07, 6.45) is 5.93. The van der Waals surface area contributed by atoms with Gasteiger partial charge in [0, 0.05) is 37.6 Å².